The van der Waals surface area contributed by atoms with E-state index >= 15 is 0 Å². The Morgan fingerprint density at radius 1 is 1.32 bits per heavy atom. The number of aliphatic hydroxyl groups excluding tert-OH is 1. The van der Waals surface area contributed by atoms with Gasteiger partial charge in [0.15, 0.2) is 5.96 Å². The lowest BCUT2D eigenvalue weighted by Crippen LogP contribution is -2.68. The normalized spacial score (nSPS) is 29.0. The fourth-order valence-electron chi connectivity index (χ4n) is 4.03. The molecule has 3 saturated carbocycles. The summed E-state index contributed by atoms with van der Waals surface area (Å²) < 4.78 is 11.5. The first-order chi connectivity index (χ1) is 12.2. The van der Waals surface area contributed by atoms with Crippen LogP contribution in [0.3, 0.4) is 0 Å². The van der Waals surface area contributed by atoms with Gasteiger partial charge >= 0.3 is 0 Å². The lowest BCUT2D eigenvalue weighted by atomic mass is 9.51. The molecule has 0 bridgehead atoms. The first kappa shape index (κ1) is 18.9. The number of ether oxygens (including phenoxy) is 2. The predicted octanol–water partition coefficient (Wildman–Crippen LogP) is 1.68. The molecule has 0 heterocycles. The number of guanidine groups is 1. The highest BCUT2D eigenvalue weighted by atomic mass is 16.5. The van der Waals surface area contributed by atoms with E-state index in [0.717, 1.165) is 38.1 Å². The molecule has 6 heteroatoms. The lowest BCUT2D eigenvalue weighted by molar-refractivity contribution is -0.168. The molecular weight excluding hydrogens is 318 g/mol. The Kier molecular flexibility index (Phi) is 6.58. The zero-order chi connectivity index (χ0) is 17.7. The molecule has 0 aromatic rings. The van der Waals surface area contributed by atoms with E-state index in [0.29, 0.717) is 30.7 Å². The zero-order valence-corrected chi connectivity index (χ0v) is 15.8. The van der Waals surface area contributed by atoms with E-state index in [2.05, 4.69) is 29.5 Å². The zero-order valence-electron chi connectivity index (χ0n) is 15.8. The van der Waals surface area contributed by atoms with E-state index in [1.807, 2.05) is 0 Å². The summed E-state index contributed by atoms with van der Waals surface area (Å²) in [6.07, 6.45) is 7.23. The second kappa shape index (κ2) is 8.69. The van der Waals surface area contributed by atoms with Crippen molar-refractivity contribution in [3.8, 4) is 0 Å². The van der Waals surface area contributed by atoms with Gasteiger partial charge < -0.3 is 25.2 Å². The molecule has 0 radical (unpaired) electrons. The molecule has 0 amide bonds. The fraction of sp³-hybridized carbons (Fsp3) is 0.947. The van der Waals surface area contributed by atoms with Crippen LogP contribution in [0.5, 0.6) is 0 Å². The molecule has 3 atom stereocenters. The minimum absolute atomic E-state index is 0.304. The molecule has 3 rings (SSSR count). The molecule has 6 nitrogen and oxygen atoms in total. The van der Waals surface area contributed by atoms with Crippen molar-refractivity contribution in [2.24, 2.45) is 16.3 Å². The number of aliphatic hydroxyl groups is 1. The third-order valence-electron chi connectivity index (χ3n) is 5.91. The highest BCUT2D eigenvalue weighted by Crippen LogP contribution is 2.57. The largest absolute Gasteiger partial charge is 0.389 e. The average molecular weight is 354 g/mol. The Labute approximate surface area is 151 Å². The van der Waals surface area contributed by atoms with Crippen molar-refractivity contribution >= 4 is 5.96 Å². The van der Waals surface area contributed by atoms with Crippen molar-refractivity contribution in [1.82, 2.24) is 10.6 Å². The Morgan fingerprint density at radius 2 is 2.12 bits per heavy atom. The molecule has 3 unspecified atom stereocenters. The van der Waals surface area contributed by atoms with Gasteiger partial charge in [0.05, 0.1) is 25.4 Å². The van der Waals surface area contributed by atoms with Crippen LogP contribution in [0.15, 0.2) is 4.99 Å². The van der Waals surface area contributed by atoms with Crippen molar-refractivity contribution in [1.29, 1.82) is 0 Å². The van der Waals surface area contributed by atoms with Crippen molar-refractivity contribution in [2.45, 2.75) is 70.6 Å². The van der Waals surface area contributed by atoms with Gasteiger partial charge in [0.1, 0.15) is 0 Å². The Balaban J connectivity index is 1.45. The minimum atomic E-state index is -0.538. The molecule has 3 N–H and O–H groups in total. The summed E-state index contributed by atoms with van der Waals surface area (Å²) in [4.78, 5) is 4.57. The number of nitrogens with one attached hydrogen (secondary N) is 2. The summed E-state index contributed by atoms with van der Waals surface area (Å²) in [5, 5.41) is 17.0. The highest BCUT2D eigenvalue weighted by molar-refractivity contribution is 5.80. The van der Waals surface area contributed by atoms with Crippen LogP contribution in [0.2, 0.25) is 0 Å². The minimum Gasteiger partial charge on any atom is -0.389 e. The monoisotopic (exact) mass is 353 g/mol. The topological polar surface area (TPSA) is 75.1 Å². The lowest BCUT2D eigenvalue weighted by Gasteiger charge is -2.61. The third-order valence-corrected chi connectivity index (χ3v) is 5.91. The van der Waals surface area contributed by atoms with Crippen LogP contribution in [-0.4, -0.2) is 62.2 Å². The SMILES string of the molecule is CCNC(=NCC(O)COCC1CC1)NC1CC(OCC)C12CCC2. The molecule has 25 heavy (non-hydrogen) atoms. The van der Waals surface area contributed by atoms with Gasteiger partial charge in [0, 0.05) is 31.2 Å². The third kappa shape index (κ3) is 4.66. The van der Waals surface area contributed by atoms with Gasteiger partial charge in [0.2, 0.25) is 0 Å². The summed E-state index contributed by atoms with van der Waals surface area (Å²) in [6.45, 7) is 7.27. The molecule has 3 aliphatic rings. The highest BCUT2D eigenvalue weighted by Gasteiger charge is 2.59. The Bertz CT molecular complexity index is 449. The summed E-state index contributed by atoms with van der Waals surface area (Å²) >= 11 is 0. The van der Waals surface area contributed by atoms with Crippen molar-refractivity contribution < 1.29 is 14.6 Å². The average Bonchev–Trinajstić information content (AvgIpc) is 3.34. The van der Waals surface area contributed by atoms with E-state index in [4.69, 9.17) is 9.47 Å². The van der Waals surface area contributed by atoms with Gasteiger partial charge in [-0.05, 0) is 51.9 Å². The molecule has 0 saturated heterocycles. The Morgan fingerprint density at radius 3 is 2.72 bits per heavy atom. The summed E-state index contributed by atoms with van der Waals surface area (Å²) in [5.74, 6) is 1.53. The molecular formula is C19H35N3O3. The van der Waals surface area contributed by atoms with Crippen LogP contribution < -0.4 is 10.6 Å². The standard InChI is InChI=1S/C19H35N3O3/c1-3-20-18(21-11-15(23)13-24-12-14-6-7-14)22-16-10-17(25-4-2)19(16)8-5-9-19/h14-17,23H,3-13H2,1-2H3,(H2,20,21,22). The van der Waals surface area contributed by atoms with Crippen LogP contribution in [0, 0.1) is 11.3 Å². The molecule has 1 spiro atoms. The van der Waals surface area contributed by atoms with E-state index in [1.54, 1.807) is 0 Å². The number of rotatable bonds is 10. The first-order valence-electron chi connectivity index (χ1n) is 10.1. The van der Waals surface area contributed by atoms with Crippen LogP contribution in [0.4, 0.5) is 0 Å². The van der Waals surface area contributed by atoms with Crippen molar-refractivity contribution in [3.05, 3.63) is 0 Å². The molecule has 0 aliphatic heterocycles. The Hall–Kier alpha value is -0.850. The van der Waals surface area contributed by atoms with Crippen molar-refractivity contribution in [2.75, 3.05) is 32.9 Å². The van der Waals surface area contributed by atoms with E-state index in [-0.39, 0.29) is 0 Å². The quantitative estimate of drug-likeness (QED) is 0.412. The summed E-state index contributed by atoms with van der Waals surface area (Å²) in [5.41, 5.74) is 0.304. The van der Waals surface area contributed by atoms with Gasteiger partial charge in [-0.1, -0.05) is 6.42 Å². The molecule has 0 aromatic heterocycles. The maximum Gasteiger partial charge on any atom is 0.191 e. The van der Waals surface area contributed by atoms with Gasteiger partial charge in [-0.25, -0.2) is 0 Å². The number of nitrogens with zero attached hydrogens (tertiary/aromatic N) is 1. The van der Waals surface area contributed by atoms with Crippen LogP contribution in [0.25, 0.3) is 0 Å². The molecule has 144 valence electrons. The van der Waals surface area contributed by atoms with Gasteiger partial charge in [-0.2, -0.15) is 0 Å². The molecule has 3 aliphatic carbocycles. The van der Waals surface area contributed by atoms with Gasteiger partial charge in [-0.15, -0.1) is 0 Å². The van der Waals surface area contributed by atoms with Gasteiger partial charge in [-0.3, -0.25) is 4.99 Å². The van der Waals surface area contributed by atoms with E-state index in [1.165, 1.54) is 32.1 Å². The van der Waals surface area contributed by atoms with Gasteiger partial charge in [0.25, 0.3) is 0 Å². The van der Waals surface area contributed by atoms with Crippen LogP contribution >= 0.6 is 0 Å². The summed E-state index contributed by atoms with van der Waals surface area (Å²) in [7, 11) is 0. The second-order valence-corrected chi connectivity index (χ2v) is 7.82. The maximum absolute atomic E-state index is 10.1. The molecule has 0 aromatic carbocycles. The number of hydrogen-bond donors (Lipinski definition) is 3. The number of hydrogen-bond acceptors (Lipinski definition) is 4. The van der Waals surface area contributed by atoms with E-state index in [9.17, 15) is 5.11 Å². The summed E-state index contributed by atoms with van der Waals surface area (Å²) in [6, 6.07) is 0.429. The smallest absolute Gasteiger partial charge is 0.191 e. The van der Waals surface area contributed by atoms with Crippen LogP contribution in [0.1, 0.15) is 52.4 Å². The first-order valence-corrected chi connectivity index (χ1v) is 10.1. The van der Waals surface area contributed by atoms with Crippen LogP contribution in [-0.2, 0) is 9.47 Å². The fourth-order valence-corrected chi connectivity index (χ4v) is 4.03. The predicted molar refractivity (Wildman–Crippen MR) is 98.8 cm³/mol. The second-order valence-electron chi connectivity index (χ2n) is 7.82. The maximum atomic E-state index is 10.1. The molecule has 3 fully saturated rings. The van der Waals surface area contributed by atoms with Crippen molar-refractivity contribution in [3.63, 3.8) is 0 Å². The number of aliphatic imine (C=N–C) groups is 1. The van der Waals surface area contributed by atoms with E-state index < -0.39 is 6.10 Å².